The fraction of sp³-hybridized carbons (Fsp3) is 0.267. The molecule has 1 aromatic heterocycles. The Morgan fingerprint density at radius 2 is 1.94 bits per heavy atom. The van der Waals surface area contributed by atoms with E-state index in [-0.39, 0.29) is 5.82 Å². The fourth-order valence-corrected chi connectivity index (χ4v) is 1.81. The van der Waals surface area contributed by atoms with Gasteiger partial charge in [0.15, 0.2) is 12.1 Å². The number of hydrogen-bond acceptors (Lipinski definition) is 3. The zero-order valence-corrected chi connectivity index (χ0v) is 10.6. The van der Waals surface area contributed by atoms with Crippen LogP contribution in [0, 0.1) is 0 Å². The van der Waals surface area contributed by atoms with Crippen molar-refractivity contribution in [3.8, 4) is 11.3 Å². The van der Waals surface area contributed by atoms with Gasteiger partial charge in [0.05, 0.1) is 5.69 Å². The van der Waals surface area contributed by atoms with E-state index in [1.54, 1.807) is 6.20 Å². The maximum Gasteiger partial charge on any atom is 0.193 e. The summed E-state index contributed by atoms with van der Waals surface area (Å²) in [6.45, 7) is 4.39. The van der Waals surface area contributed by atoms with Crippen molar-refractivity contribution in [1.82, 2.24) is 9.97 Å². The molecule has 0 amide bonds. The first-order valence-electron chi connectivity index (χ1n) is 6.13. The SMILES string of the molecule is CCC(C)c1ccc(-c2ccnc(C=O)n2)cc1. The van der Waals surface area contributed by atoms with Gasteiger partial charge in [-0.3, -0.25) is 4.79 Å². The smallest absolute Gasteiger partial charge is 0.193 e. The van der Waals surface area contributed by atoms with Gasteiger partial charge in [-0.05, 0) is 24.0 Å². The highest BCUT2D eigenvalue weighted by Crippen LogP contribution is 2.22. The van der Waals surface area contributed by atoms with Gasteiger partial charge in [-0.2, -0.15) is 0 Å². The molecule has 0 aliphatic rings. The molecule has 0 saturated heterocycles. The van der Waals surface area contributed by atoms with Crippen LogP contribution in [0.25, 0.3) is 11.3 Å². The van der Waals surface area contributed by atoms with Crippen LogP contribution in [-0.4, -0.2) is 16.3 Å². The number of rotatable bonds is 4. The maximum atomic E-state index is 10.6. The monoisotopic (exact) mass is 240 g/mol. The van der Waals surface area contributed by atoms with E-state index in [0.29, 0.717) is 12.2 Å². The van der Waals surface area contributed by atoms with Gasteiger partial charge in [-0.1, -0.05) is 38.1 Å². The van der Waals surface area contributed by atoms with Crippen molar-refractivity contribution in [1.29, 1.82) is 0 Å². The summed E-state index contributed by atoms with van der Waals surface area (Å²) in [5.41, 5.74) is 3.11. The van der Waals surface area contributed by atoms with Crippen LogP contribution in [0.3, 0.4) is 0 Å². The van der Waals surface area contributed by atoms with Gasteiger partial charge >= 0.3 is 0 Å². The Bertz CT molecular complexity index is 534. The second-order valence-electron chi connectivity index (χ2n) is 4.35. The van der Waals surface area contributed by atoms with E-state index in [1.807, 2.05) is 18.2 Å². The summed E-state index contributed by atoms with van der Waals surface area (Å²) in [6, 6.07) is 10.1. The molecule has 1 aromatic carbocycles. The maximum absolute atomic E-state index is 10.6. The Labute approximate surface area is 107 Å². The molecule has 0 N–H and O–H groups in total. The summed E-state index contributed by atoms with van der Waals surface area (Å²) in [5, 5.41) is 0. The first-order valence-corrected chi connectivity index (χ1v) is 6.13. The first kappa shape index (κ1) is 12.4. The van der Waals surface area contributed by atoms with E-state index in [0.717, 1.165) is 17.7 Å². The van der Waals surface area contributed by atoms with E-state index in [2.05, 4.69) is 35.9 Å². The quantitative estimate of drug-likeness (QED) is 0.768. The minimum Gasteiger partial charge on any atom is -0.294 e. The van der Waals surface area contributed by atoms with Crippen LogP contribution in [0.5, 0.6) is 0 Å². The number of aromatic nitrogens is 2. The standard InChI is InChI=1S/C15H16N2O/c1-3-11(2)12-4-6-13(7-5-12)14-8-9-16-15(10-18)17-14/h4-11H,3H2,1-2H3. The van der Waals surface area contributed by atoms with E-state index in [1.165, 1.54) is 5.56 Å². The first-order chi connectivity index (χ1) is 8.74. The number of aldehydes is 1. The lowest BCUT2D eigenvalue weighted by Crippen LogP contribution is -1.95. The van der Waals surface area contributed by atoms with E-state index < -0.39 is 0 Å². The van der Waals surface area contributed by atoms with Gasteiger partial charge in [-0.15, -0.1) is 0 Å². The lowest BCUT2D eigenvalue weighted by molar-refractivity contribution is 0.111. The Kier molecular flexibility index (Phi) is 3.82. The number of benzene rings is 1. The molecule has 0 fully saturated rings. The average Bonchev–Trinajstić information content (AvgIpc) is 2.46. The molecule has 18 heavy (non-hydrogen) atoms. The lowest BCUT2D eigenvalue weighted by atomic mass is 9.97. The fourth-order valence-electron chi connectivity index (χ4n) is 1.81. The predicted octanol–water partition coefficient (Wildman–Crippen LogP) is 3.47. The van der Waals surface area contributed by atoms with Crippen molar-refractivity contribution in [2.45, 2.75) is 26.2 Å². The molecule has 0 spiro atoms. The molecule has 0 aliphatic heterocycles. The topological polar surface area (TPSA) is 42.9 Å². The van der Waals surface area contributed by atoms with Gasteiger partial charge in [-0.25, -0.2) is 9.97 Å². The normalized spacial score (nSPS) is 12.1. The minimum atomic E-state index is 0.221. The van der Waals surface area contributed by atoms with Gasteiger partial charge in [0.25, 0.3) is 0 Å². The molecule has 2 rings (SSSR count). The number of carbonyl (C=O) groups is 1. The predicted molar refractivity (Wildman–Crippen MR) is 71.6 cm³/mol. The summed E-state index contributed by atoms with van der Waals surface area (Å²) < 4.78 is 0. The van der Waals surface area contributed by atoms with E-state index in [9.17, 15) is 4.79 Å². The van der Waals surface area contributed by atoms with Crippen molar-refractivity contribution < 1.29 is 4.79 Å². The highest BCUT2D eigenvalue weighted by molar-refractivity contribution is 5.70. The third kappa shape index (κ3) is 2.62. The van der Waals surface area contributed by atoms with Gasteiger partial charge < -0.3 is 0 Å². The largest absolute Gasteiger partial charge is 0.294 e. The molecular formula is C15H16N2O. The Balaban J connectivity index is 2.31. The Morgan fingerprint density at radius 1 is 1.22 bits per heavy atom. The van der Waals surface area contributed by atoms with Crippen LogP contribution in [0.4, 0.5) is 0 Å². The molecule has 3 nitrogen and oxygen atoms in total. The molecular weight excluding hydrogens is 224 g/mol. The molecule has 1 unspecified atom stereocenters. The minimum absolute atomic E-state index is 0.221. The van der Waals surface area contributed by atoms with Gasteiger partial charge in [0.2, 0.25) is 0 Å². The van der Waals surface area contributed by atoms with Crippen molar-refractivity contribution >= 4 is 6.29 Å². The number of carbonyl (C=O) groups excluding carboxylic acids is 1. The molecule has 2 aromatic rings. The molecule has 0 saturated carbocycles. The third-order valence-electron chi connectivity index (χ3n) is 3.17. The van der Waals surface area contributed by atoms with Crippen LogP contribution in [0.15, 0.2) is 36.5 Å². The van der Waals surface area contributed by atoms with E-state index in [4.69, 9.17) is 0 Å². The van der Waals surface area contributed by atoms with Crippen LogP contribution in [0.2, 0.25) is 0 Å². The van der Waals surface area contributed by atoms with Crippen molar-refractivity contribution in [2.24, 2.45) is 0 Å². The second-order valence-corrected chi connectivity index (χ2v) is 4.35. The van der Waals surface area contributed by atoms with Crippen LogP contribution in [0.1, 0.15) is 42.4 Å². The number of nitrogens with zero attached hydrogens (tertiary/aromatic N) is 2. The molecule has 0 radical (unpaired) electrons. The summed E-state index contributed by atoms with van der Waals surface area (Å²) in [6.07, 6.45) is 3.40. The summed E-state index contributed by atoms with van der Waals surface area (Å²) in [7, 11) is 0. The molecule has 1 atom stereocenters. The van der Waals surface area contributed by atoms with E-state index >= 15 is 0 Å². The second kappa shape index (κ2) is 5.54. The third-order valence-corrected chi connectivity index (χ3v) is 3.17. The average molecular weight is 240 g/mol. The highest BCUT2D eigenvalue weighted by Gasteiger charge is 2.05. The number of hydrogen-bond donors (Lipinski definition) is 0. The summed E-state index contributed by atoms with van der Waals surface area (Å²) >= 11 is 0. The van der Waals surface area contributed by atoms with Gasteiger partial charge in [0.1, 0.15) is 0 Å². The molecule has 92 valence electrons. The molecule has 0 bridgehead atoms. The van der Waals surface area contributed by atoms with Gasteiger partial charge in [0, 0.05) is 11.8 Å². The van der Waals surface area contributed by atoms with Crippen LogP contribution >= 0.6 is 0 Å². The van der Waals surface area contributed by atoms with Crippen LogP contribution in [-0.2, 0) is 0 Å². The van der Waals surface area contributed by atoms with Crippen LogP contribution < -0.4 is 0 Å². The Hall–Kier alpha value is -2.03. The zero-order chi connectivity index (χ0) is 13.0. The lowest BCUT2D eigenvalue weighted by Gasteiger charge is -2.09. The zero-order valence-electron chi connectivity index (χ0n) is 10.6. The van der Waals surface area contributed by atoms with Crippen molar-refractivity contribution in [3.05, 3.63) is 47.9 Å². The van der Waals surface area contributed by atoms with Crippen molar-refractivity contribution in [3.63, 3.8) is 0 Å². The van der Waals surface area contributed by atoms with Crippen molar-refractivity contribution in [2.75, 3.05) is 0 Å². The molecule has 1 heterocycles. The Morgan fingerprint density at radius 3 is 2.56 bits per heavy atom. The summed E-state index contributed by atoms with van der Waals surface area (Å²) in [4.78, 5) is 18.7. The molecule has 3 heteroatoms. The molecule has 0 aliphatic carbocycles. The summed E-state index contributed by atoms with van der Waals surface area (Å²) in [5.74, 6) is 0.786. The highest BCUT2D eigenvalue weighted by atomic mass is 16.1.